The number of benzene rings is 2. The average Bonchev–Trinajstić information content (AvgIpc) is 3.40. The third-order valence-corrected chi connectivity index (χ3v) is 6.76. The third-order valence-electron chi connectivity index (χ3n) is 5.28. The quantitative estimate of drug-likeness (QED) is 0.313. The van der Waals surface area contributed by atoms with Crippen molar-refractivity contribution in [3.8, 4) is 22.6 Å². The van der Waals surface area contributed by atoms with E-state index in [9.17, 15) is 0 Å². The van der Waals surface area contributed by atoms with E-state index in [1.807, 2.05) is 12.1 Å². The van der Waals surface area contributed by atoms with E-state index in [1.165, 1.54) is 4.90 Å². The molecule has 0 aliphatic heterocycles. The first-order valence-electron chi connectivity index (χ1n) is 9.87. The molecule has 5 rings (SSSR count). The van der Waals surface area contributed by atoms with Crippen molar-refractivity contribution in [3.05, 3.63) is 71.9 Å². The summed E-state index contributed by atoms with van der Waals surface area (Å²) in [4.78, 5) is 15.0. The van der Waals surface area contributed by atoms with Crippen molar-refractivity contribution in [1.29, 1.82) is 0 Å². The van der Waals surface area contributed by atoms with Crippen LogP contribution in [0.4, 0.5) is 10.8 Å². The lowest BCUT2D eigenvalue weighted by molar-refractivity contribution is 0.958. The molecular weight excluding hydrogens is 422 g/mol. The highest BCUT2D eigenvalue weighted by atomic mass is 32.2. The molecule has 2 aromatic carbocycles. The molecule has 3 heterocycles. The van der Waals surface area contributed by atoms with E-state index in [4.69, 9.17) is 9.97 Å². The fourth-order valence-electron chi connectivity index (χ4n) is 3.60. The number of anilines is 2. The Hall–Kier alpha value is -3.16. The van der Waals surface area contributed by atoms with Gasteiger partial charge in [0.25, 0.3) is 0 Å². The zero-order chi connectivity index (χ0) is 21.4. The molecule has 0 unspecified atom stereocenters. The van der Waals surface area contributed by atoms with Gasteiger partial charge in [0.1, 0.15) is 5.82 Å². The Labute approximate surface area is 189 Å². The average molecular weight is 444 g/mol. The van der Waals surface area contributed by atoms with Crippen LogP contribution in [-0.4, -0.2) is 25.8 Å². The molecule has 0 spiro atoms. The maximum Gasteiger partial charge on any atom is 0.187 e. The Morgan fingerprint density at radius 3 is 2.65 bits per heavy atom. The summed E-state index contributed by atoms with van der Waals surface area (Å²) < 4.78 is 2.16. The van der Waals surface area contributed by atoms with Gasteiger partial charge in [0.05, 0.1) is 16.7 Å². The zero-order valence-electron chi connectivity index (χ0n) is 17.5. The van der Waals surface area contributed by atoms with Crippen molar-refractivity contribution in [2.75, 3.05) is 11.6 Å². The van der Waals surface area contributed by atoms with Crippen molar-refractivity contribution in [2.24, 2.45) is 7.05 Å². The largest absolute Gasteiger partial charge is 0.331 e. The van der Waals surface area contributed by atoms with Gasteiger partial charge in [0.15, 0.2) is 5.13 Å². The predicted molar refractivity (Wildman–Crippen MR) is 131 cm³/mol. The third kappa shape index (κ3) is 3.82. The smallest absolute Gasteiger partial charge is 0.187 e. The summed E-state index contributed by atoms with van der Waals surface area (Å²) in [5.41, 5.74) is 7.39. The Morgan fingerprint density at radius 2 is 1.84 bits per heavy atom. The van der Waals surface area contributed by atoms with E-state index in [0.29, 0.717) is 0 Å². The lowest BCUT2D eigenvalue weighted by Gasteiger charge is -2.08. The zero-order valence-corrected chi connectivity index (χ0v) is 19.1. The van der Waals surface area contributed by atoms with Crippen LogP contribution >= 0.6 is 23.1 Å². The minimum atomic E-state index is 0.859. The first-order valence-corrected chi connectivity index (χ1v) is 12.0. The lowest BCUT2D eigenvalue weighted by Crippen LogP contribution is -1.95. The van der Waals surface area contributed by atoms with Crippen molar-refractivity contribution < 1.29 is 0 Å². The summed E-state index contributed by atoms with van der Waals surface area (Å²) in [6, 6.07) is 16.7. The number of fused-ring (bicyclic) bond motifs is 1. The number of aryl methyl sites for hydroxylation is 2. The van der Waals surface area contributed by atoms with Crippen LogP contribution in [0.25, 0.3) is 33.7 Å². The van der Waals surface area contributed by atoms with Crippen LogP contribution in [0.15, 0.2) is 71.2 Å². The fraction of sp³-hybridized carbons (Fsp3) is 0.125. The molecule has 0 amide bonds. The van der Waals surface area contributed by atoms with E-state index in [2.05, 4.69) is 76.9 Å². The summed E-state index contributed by atoms with van der Waals surface area (Å²) in [7, 11) is 2.07. The van der Waals surface area contributed by atoms with Crippen LogP contribution in [0.1, 0.15) is 5.56 Å². The van der Waals surface area contributed by atoms with Crippen molar-refractivity contribution in [2.45, 2.75) is 11.8 Å². The standard InChI is InChI=1S/C24H21N5S2/c1-15-11-22-20(26-23(29(22)2)17-5-4-6-18(12-17)30-3)13-19(15)27-24-28-21(14-31-24)16-7-9-25-10-8-16/h4-14H,1-3H3,(H,27,28). The van der Waals surface area contributed by atoms with Gasteiger partial charge in [-0.25, -0.2) is 9.97 Å². The van der Waals surface area contributed by atoms with Gasteiger partial charge in [-0.15, -0.1) is 23.1 Å². The summed E-state index contributed by atoms with van der Waals surface area (Å²) in [6.45, 7) is 2.11. The number of rotatable bonds is 5. The number of hydrogen-bond acceptors (Lipinski definition) is 6. The van der Waals surface area contributed by atoms with Crippen LogP contribution in [0.5, 0.6) is 0 Å². The molecule has 0 aliphatic rings. The second kappa shape index (κ2) is 8.17. The summed E-state index contributed by atoms with van der Waals surface area (Å²) in [5.74, 6) is 0.969. The van der Waals surface area contributed by atoms with E-state index >= 15 is 0 Å². The molecule has 0 atom stereocenters. The first kappa shape index (κ1) is 19.8. The lowest BCUT2D eigenvalue weighted by atomic mass is 10.1. The molecule has 0 radical (unpaired) electrons. The minimum absolute atomic E-state index is 0.859. The van der Waals surface area contributed by atoms with E-state index in [0.717, 1.165) is 50.1 Å². The summed E-state index contributed by atoms with van der Waals surface area (Å²) in [6.07, 6.45) is 5.66. The number of imidazole rings is 1. The number of thiazole rings is 1. The molecule has 0 saturated carbocycles. The normalized spacial score (nSPS) is 11.2. The van der Waals surface area contributed by atoms with Crippen LogP contribution in [0.3, 0.4) is 0 Å². The maximum atomic E-state index is 4.94. The van der Waals surface area contributed by atoms with Crippen molar-refractivity contribution in [3.63, 3.8) is 0 Å². The number of aromatic nitrogens is 4. The molecule has 5 nitrogen and oxygen atoms in total. The molecular formula is C24H21N5S2. The maximum absolute atomic E-state index is 4.94. The van der Waals surface area contributed by atoms with Crippen LogP contribution in [0.2, 0.25) is 0 Å². The number of nitrogens with one attached hydrogen (secondary N) is 1. The second-order valence-corrected chi connectivity index (χ2v) is 9.02. The predicted octanol–water partition coefficient (Wildman–Crippen LogP) is 6.53. The molecule has 31 heavy (non-hydrogen) atoms. The Kier molecular flexibility index (Phi) is 5.21. The van der Waals surface area contributed by atoms with Gasteiger partial charge in [-0.3, -0.25) is 4.98 Å². The van der Waals surface area contributed by atoms with Crippen LogP contribution < -0.4 is 5.32 Å². The minimum Gasteiger partial charge on any atom is -0.331 e. The molecule has 0 saturated heterocycles. The van der Waals surface area contributed by atoms with Crippen LogP contribution in [0, 0.1) is 6.92 Å². The topological polar surface area (TPSA) is 55.6 Å². The van der Waals surface area contributed by atoms with Gasteiger partial charge < -0.3 is 9.88 Å². The summed E-state index contributed by atoms with van der Waals surface area (Å²) in [5, 5.41) is 6.40. The van der Waals surface area contributed by atoms with Gasteiger partial charge in [-0.2, -0.15) is 0 Å². The van der Waals surface area contributed by atoms with Gasteiger partial charge in [-0.05, 0) is 55.1 Å². The Balaban J connectivity index is 1.49. The number of pyridine rings is 1. The Morgan fingerprint density at radius 1 is 1.00 bits per heavy atom. The van der Waals surface area contributed by atoms with Crippen molar-refractivity contribution >= 4 is 45.0 Å². The van der Waals surface area contributed by atoms with E-state index < -0.39 is 0 Å². The monoisotopic (exact) mass is 443 g/mol. The number of nitrogens with zero attached hydrogens (tertiary/aromatic N) is 4. The highest BCUT2D eigenvalue weighted by molar-refractivity contribution is 7.98. The highest BCUT2D eigenvalue weighted by Crippen LogP contribution is 2.32. The van der Waals surface area contributed by atoms with E-state index in [-0.39, 0.29) is 0 Å². The van der Waals surface area contributed by atoms with Gasteiger partial charge in [0, 0.05) is 46.5 Å². The molecule has 7 heteroatoms. The number of hydrogen-bond donors (Lipinski definition) is 1. The Bertz CT molecular complexity index is 1370. The molecule has 3 aromatic heterocycles. The molecule has 0 bridgehead atoms. The van der Waals surface area contributed by atoms with Gasteiger partial charge in [0.2, 0.25) is 0 Å². The second-order valence-electron chi connectivity index (χ2n) is 7.28. The number of thioether (sulfide) groups is 1. The van der Waals surface area contributed by atoms with Gasteiger partial charge >= 0.3 is 0 Å². The molecule has 0 fully saturated rings. The SMILES string of the molecule is CSc1cccc(-c2nc3cc(Nc4nc(-c5ccncc5)cs4)c(C)cc3n2C)c1. The highest BCUT2D eigenvalue weighted by Gasteiger charge is 2.14. The van der Waals surface area contributed by atoms with Crippen molar-refractivity contribution in [1.82, 2.24) is 19.5 Å². The first-order chi connectivity index (χ1) is 15.1. The van der Waals surface area contributed by atoms with E-state index in [1.54, 1.807) is 35.5 Å². The molecule has 154 valence electrons. The molecule has 0 aliphatic carbocycles. The summed E-state index contributed by atoms with van der Waals surface area (Å²) >= 11 is 3.33. The van der Waals surface area contributed by atoms with Crippen LogP contribution in [-0.2, 0) is 7.05 Å². The molecule has 1 N–H and O–H groups in total. The van der Waals surface area contributed by atoms with Gasteiger partial charge in [-0.1, -0.05) is 12.1 Å². The molecule has 5 aromatic rings. The fourth-order valence-corrected chi connectivity index (χ4v) is 4.79.